The summed E-state index contributed by atoms with van der Waals surface area (Å²) in [6.45, 7) is 0. The minimum absolute atomic E-state index is 0.214. The Balaban J connectivity index is 2.32. The van der Waals surface area contributed by atoms with Crippen molar-refractivity contribution in [1.82, 2.24) is 4.57 Å². The molecule has 0 bridgehead atoms. The van der Waals surface area contributed by atoms with Crippen molar-refractivity contribution in [2.45, 2.75) is 0 Å². The lowest BCUT2D eigenvalue weighted by molar-refractivity contribution is 0.628. The molecule has 0 spiro atoms. The first-order valence-electron chi connectivity index (χ1n) is 5.67. The van der Waals surface area contributed by atoms with Crippen LogP contribution in [0.4, 0.5) is 4.39 Å². The zero-order valence-electron chi connectivity index (χ0n) is 9.82. The molecule has 0 aliphatic carbocycles. The van der Waals surface area contributed by atoms with E-state index in [4.69, 9.17) is 0 Å². The van der Waals surface area contributed by atoms with Gasteiger partial charge < -0.3 is 4.57 Å². The Morgan fingerprint density at radius 3 is 2.33 bits per heavy atom. The van der Waals surface area contributed by atoms with Crippen molar-refractivity contribution in [3.8, 4) is 11.3 Å². The number of para-hydroxylation sites is 1. The molecule has 1 heterocycles. The summed E-state index contributed by atoms with van der Waals surface area (Å²) >= 11 is 3.64. The molecule has 0 saturated carbocycles. The molecule has 3 rings (SSSR count). The van der Waals surface area contributed by atoms with Crippen molar-refractivity contribution < 1.29 is 4.39 Å². The van der Waals surface area contributed by atoms with Crippen LogP contribution in [0.3, 0.4) is 0 Å². The molecule has 2 aromatic carbocycles. The lowest BCUT2D eigenvalue weighted by Crippen LogP contribution is -1.91. The molecule has 18 heavy (non-hydrogen) atoms. The predicted molar refractivity (Wildman–Crippen MR) is 76.0 cm³/mol. The number of benzene rings is 2. The molecule has 0 fully saturated rings. The lowest BCUT2D eigenvalue weighted by atomic mass is 10.1. The van der Waals surface area contributed by atoms with Crippen LogP contribution in [-0.4, -0.2) is 4.57 Å². The smallest absolute Gasteiger partial charge is 0.123 e. The molecule has 0 aliphatic heterocycles. The highest BCUT2D eigenvalue weighted by Gasteiger charge is 2.13. The first-order valence-corrected chi connectivity index (χ1v) is 6.46. The Kier molecular flexibility index (Phi) is 2.71. The Bertz CT molecular complexity index is 674. The molecule has 1 nitrogen and oxygen atoms in total. The monoisotopic (exact) mass is 303 g/mol. The van der Waals surface area contributed by atoms with E-state index in [0.29, 0.717) is 0 Å². The molecule has 0 aliphatic rings. The molecule has 90 valence electrons. The molecule has 3 heteroatoms. The van der Waals surface area contributed by atoms with Gasteiger partial charge in [0.05, 0.1) is 10.2 Å². The predicted octanol–water partition coefficient (Wildman–Crippen LogP) is 4.75. The molecule has 0 saturated heterocycles. The third-order valence-electron chi connectivity index (χ3n) is 3.16. The molecular weight excluding hydrogens is 293 g/mol. The molecule has 3 aromatic rings. The van der Waals surface area contributed by atoms with Crippen LogP contribution in [0.15, 0.2) is 53.0 Å². The number of halogens is 2. The van der Waals surface area contributed by atoms with Gasteiger partial charge in [-0.3, -0.25) is 0 Å². The van der Waals surface area contributed by atoms with Crippen LogP contribution in [0.5, 0.6) is 0 Å². The zero-order valence-corrected chi connectivity index (χ0v) is 11.4. The maximum absolute atomic E-state index is 13.0. The highest BCUT2D eigenvalue weighted by atomic mass is 79.9. The highest BCUT2D eigenvalue weighted by molar-refractivity contribution is 9.10. The van der Waals surface area contributed by atoms with E-state index in [9.17, 15) is 4.39 Å². The summed E-state index contributed by atoms with van der Waals surface area (Å²) < 4.78 is 16.2. The summed E-state index contributed by atoms with van der Waals surface area (Å²) in [5, 5.41) is 1.17. The van der Waals surface area contributed by atoms with Gasteiger partial charge in [-0.25, -0.2) is 4.39 Å². The van der Waals surface area contributed by atoms with E-state index < -0.39 is 0 Å². The van der Waals surface area contributed by atoms with Gasteiger partial charge in [0, 0.05) is 18.0 Å². The average Bonchev–Trinajstić information content (AvgIpc) is 2.64. The van der Waals surface area contributed by atoms with Crippen molar-refractivity contribution >= 4 is 26.8 Å². The van der Waals surface area contributed by atoms with Gasteiger partial charge in [-0.15, -0.1) is 0 Å². The first-order chi connectivity index (χ1) is 8.68. The SMILES string of the molecule is Cn1c(-c2ccc(F)cc2)c(Br)c2ccccc21. The summed E-state index contributed by atoms with van der Waals surface area (Å²) in [4.78, 5) is 0. The number of aryl methyl sites for hydroxylation is 1. The largest absolute Gasteiger partial charge is 0.343 e. The lowest BCUT2D eigenvalue weighted by Gasteiger charge is -2.05. The van der Waals surface area contributed by atoms with Crippen molar-refractivity contribution in [1.29, 1.82) is 0 Å². The van der Waals surface area contributed by atoms with E-state index >= 15 is 0 Å². The Hall–Kier alpha value is -1.61. The van der Waals surface area contributed by atoms with E-state index in [0.717, 1.165) is 21.2 Å². The topological polar surface area (TPSA) is 4.93 Å². The summed E-state index contributed by atoms with van der Waals surface area (Å²) in [5.41, 5.74) is 3.22. The fourth-order valence-corrected chi connectivity index (χ4v) is 3.11. The van der Waals surface area contributed by atoms with Crippen LogP contribution >= 0.6 is 15.9 Å². The quantitative estimate of drug-likeness (QED) is 0.611. The van der Waals surface area contributed by atoms with E-state index in [1.165, 1.54) is 17.5 Å². The van der Waals surface area contributed by atoms with E-state index in [-0.39, 0.29) is 5.82 Å². The van der Waals surface area contributed by atoms with E-state index in [1.807, 2.05) is 19.2 Å². The number of hydrogen-bond acceptors (Lipinski definition) is 0. The number of fused-ring (bicyclic) bond motifs is 1. The summed E-state index contributed by atoms with van der Waals surface area (Å²) in [6.07, 6.45) is 0. The number of rotatable bonds is 1. The second-order valence-electron chi connectivity index (χ2n) is 4.25. The van der Waals surface area contributed by atoms with Crippen LogP contribution in [0.2, 0.25) is 0 Å². The van der Waals surface area contributed by atoms with Gasteiger partial charge in [0.2, 0.25) is 0 Å². The zero-order chi connectivity index (χ0) is 12.7. The summed E-state index contributed by atoms with van der Waals surface area (Å²) in [6, 6.07) is 14.8. The van der Waals surface area contributed by atoms with Crippen molar-refractivity contribution in [2.24, 2.45) is 7.05 Å². The maximum atomic E-state index is 13.0. The van der Waals surface area contributed by atoms with Gasteiger partial charge in [0.25, 0.3) is 0 Å². The second kappa shape index (κ2) is 4.25. The fourth-order valence-electron chi connectivity index (χ4n) is 2.28. The first kappa shape index (κ1) is 11.5. The van der Waals surface area contributed by atoms with Gasteiger partial charge in [-0.2, -0.15) is 0 Å². The van der Waals surface area contributed by atoms with Crippen molar-refractivity contribution in [3.05, 3.63) is 58.8 Å². The van der Waals surface area contributed by atoms with Gasteiger partial charge >= 0.3 is 0 Å². The third kappa shape index (κ3) is 1.66. The minimum atomic E-state index is -0.214. The Morgan fingerprint density at radius 1 is 1.00 bits per heavy atom. The average molecular weight is 304 g/mol. The van der Waals surface area contributed by atoms with E-state index in [2.05, 4.69) is 32.6 Å². The van der Waals surface area contributed by atoms with Crippen molar-refractivity contribution in [3.63, 3.8) is 0 Å². The van der Waals surface area contributed by atoms with Gasteiger partial charge in [0.15, 0.2) is 0 Å². The molecular formula is C15H11BrFN. The number of nitrogens with zero attached hydrogens (tertiary/aromatic N) is 1. The highest BCUT2D eigenvalue weighted by Crippen LogP contribution is 2.36. The Labute approximate surface area is 113 Å². The molecule has 0 atom stereocenters. The molecule has 1 aromatic heterocycles. The molecule has 0 unspecified atom stereocenters. The molecule has 0 amide bonds. The van der Waals surface area contributed by atoms with Crippen LogP contribution in [0.25, 0.3) is 22.2 Å². The maximum Gasteiger partial charge on any atom is 0.123 e. The van der Waals surface area contributed by atoms with Crippen LogP contribution in [-0.2, 0) is 7.05 Å². The fraction of sp³-hybridized carbons (Fsp3) is 0.0667. The standard InChI is InChI=1S/C15H11BrFN/c1-18-13-5-3-2-4-12(13)14(16)15(18)10-6-8-11(17)9-7-10/h2-9H,1H3. The summed E-state index contributed by atoms with van der Waals surface area (Å²) in [5.74, 6) is -0.214. The van der Waals surface area contributed by atoms with Crippen LogP contribution < -0.4 is 0 Å². The third-order valence-corrected chi connectivity index (χ3v) is 3.97. The number of hydrogen-bond donors (Lipinski definition) is 0. The van der Waals surface area contributed by atoms with Gasteiger partial charge in [-0.1, -0.05) is 18.2 Å². The second-order valence-corrected chi connectivity index (χ2v) is 5.04. The van der Waals surface area contributed by atoms with Crippen LogP contribution in [0, 0.1) is 5.82 Å². The Morgan fingerprint density at radius 2 is 1.67 bits per heavy atom. The molecule has 0 radical (unpaired) electrons. The van der Waals surface area contributed by atoms with E-state index in [1.54, 1.807) is 12.1 Å². The minimum Gasteiger partial charge on any atom is -0.343 e. The van der Waals surface area contributed by atoms with Crippen LogP contribution in [0.1, 0.15) is 0 Å². The van der Waals surface area contributed by atoms with Gasteiger partial charge in [-0.05, 0) is 51.8 Å². The van der Waals surface area contributed by atoms with Gasteiger partial charge in [0.1, 0.15) is 5.82 Å². The molecule has 0 N–H and O–H groups in total. The number of aromatic nitrogens is 1. The normalized spacial score (nSPS) is 11.1. The van der Waals surface area contributed by atoms with Crippen molar-refractivity contribution in [2.75, 3.05) is 0 Å². The summed E-state index contributed by atoms with van der Waals surface area (Å²) in [7, 11) is 2.02.